The van der Waals surface area contributed by atoms with Crippen molar-refractivity contribution in [3.05, 3.63) is 12.2 Å². The van der Waals surface area contributed by atoms with Gasteiger partial charge < -0.3 is 5.11 Å². The molecule has 3 aliphatic carbocycles. The van der Waals surface area contributed by atoms with Crippen molar-refractivity contribution in [1.82, 2.24) is 0 Å². The number of aliphatic hydroxyl groups excluding tert-OH is 1. The molecule has 0 spiro atoms. The molecule has 1 N–H and O–H groups in total. The van der Waals surface area contributed by atoms with Crippen molar-refractivity contribution in [3.8, 4) is 0 Å². The van der Waals surface area contributed by atoms with Crippen LogP contribution in [0.1, 0.15) is 19.3 Å². The molecule has 2 fully saturated rings. The lowest BCUT2D eigenvalue weighted by Gasteiger charge is -2.18. The molecule has 0 saturated heterocycles. The van der Waals surface area contributed by atoms with E-state index in [1.807, 2.05) is 0 Å². The second kappa shape index (κ2) is 1.89. The van der Waals surface area contributed by atoms with Crippen LogP contribution in [0, 0.1) is 23.7 Å². The maximum Gasteiger partial charge on any atom is 0.0546 e. The number of allylic oxidation sites excluding steroid dienone is 2. The Kier molecular flexibility index (Phi) is 1.07. The highest BCUT2D eigenvalue weighted by molar-refractivity contribution is 5.15. The molecular formula is C10H14O. The molecule has 0 amide bonds. The van der Waals surface area contributed by atoms with Crippen LogP contribution in [0.4, 0.5) is 0 Å². The predicted octanol–water partition coefficient (Wildman–Crippen LogP) is 1.58. The van der Waals surface area contributed by atoms with Gasteiger partial charge in [0.1, 0.15) is 0 Å². The highest BCUT2D eigenvalue weighted by Gasteiger charge is 2.49. The summed E-state index contributed by atoms with van der Waals surface area (Å²) in [5.41, 5.74) is 0. The molecule has 0 aromatic carbocycles. The van der Waals surface area contributed by atoms with Gasteiger partial charge in [-0.1, -0.05) is 12.2 Å². The van der Waals surface area contributed by atoms with Crippen molar-refractivity contribution in [1.29, 1.82) is 0 Å². The molecule has 0 radical (unpaired) electrons. The predicted molar refractivity (Wildman–Crippen MR) is 43.0 cm³/mol. The first-order chi connectivity index (χ1) is 5.34. The molecular weight excluding hydrogens is 136 g/mol. The zero-order chi connectivity index (χ0) is 7.42. The maximum atomic E-state index is 9.47. The quantitative estimate of drug-likeness (QED) is 0.520. The van der Waals surface area contributed by atoms with Crippen molar-refractivity contribution in [2.75, 3.05) is 0 Å². The summed E-state index contributed by atoms with van der Waals surface area (Å²) in [5.74, 6) is 3.37. The third-order valence-electron chi connectivity index (χ3n) is 3.89. The van der Waals surface area contributed by atoms with Crippen LogP contribution in [-0.4, -0.2) is 11.2 Å². The Balaban J connectivity index is 1.92. The van der Waals surface area contributed by atoms with Crippen LogP contribution in [0.3, 0.4) is 0 Å². The van der Waals surface area contributed by atoms with E-state index in [1.165, 1.54) is 6.42 Å². The molecule has 1 heteroatoms. The van der Waals surface area contributed by atoms with Gasteiger partial charge in [-0.2, -0.15) is 0 Å². The lowest BCUT2D eigenvalue weighted by atomic mass is 9.86. The number of hydrogen-bond donors (Lipinski definition) is 1. The molecule has 5 atom stereocenters. The second-order valence-corrected chi connectivity index (χ2v) is 4.40. The van der Waals surface area contributed by atoms with Gasteiger partial charge in [-0.25, -0.2) is 0 Å². The topological polar surface area (TPSA) is 20.2 Å². The monoisotopic (exact) mass is 150 g/mol. The fraction of sp³-hybridized carbons (Fsp3) is 0.800. The highest BCUT2D eigenvalue weighted by Crippen LogP contribution is 2.55. The summed E-state index contributed by atoms with van der Waals surface area (Å²) in [6, 6.07) is 0. The summed E-state index contributed by atoms with van der Waals surface area (Å²) in [4.78, 5) is 0. The normalized spacial score (nSPS) is 58.8. The van der Waals surface area contributed by atoms with Crippen LogP contribution < -0.4 is 0 Å². The second-order valence-electron chi connectivity index (χ2n) is 4.40. The van der Waals surface area contributed by atoms with Gasteiger partial charge in [0, 0.05) is 0 Å². The third kappa shape index (κ3) is 0.698. The molecule has 0 aromatic heterocycles. The Bertz CT molecular complexity index is 189. The molecule has 0 heterocycles. The summed E-state index contributed by atoms with van der Waals surface area (Å²) < 4.78 is 0. The first kappa shape index (κ1) is 6.24. The van der Waals surface area contributed by atoms with E-state index in [2.05, 4.69) is 12.2 Å². The van der Waals surface area contributed by atoms with Crippen LogP contribution in [0.2, 0.25) is 0 Å². The van der Waals surface area contributed by atoms with E-state index in [0.717, 1.165) is 36.5 Å². The van der Waals surface area contributed by atoms with E-state index in [4.69, 9.17) is 0 Å². The standard InChI is InChI=1S/C10H14O/c11-8-4-9-6-1-2-7(3-6)10(9)5-8/h1-2,6-11H,3-5H2/t6-,7+,8?,9-,10+. The molecule has 1 nitrogen and oxygen atoms in total. The Labute approximate surface area is 67.1 Å². The molecule has 1 unspecified atom stereocenters. The van der Waals surface area contributed by atoms with Crippen molar-refractivity contribution in [3.63, 3.8) is 0 Å². The van der Waals surface area contributed by atoms with Crippen LogP contribution in [0.15, 0.2) is 12.2 Å². The van der Waals surface area contributed by atoms with Gasteiger partial charge in [-0.3, -0.25) is 0 Å². The molecule has 0 aromatic rings. The van der Waals surface area contributed by atoms with Gasteiger partial charge in [0.15, 0.2) is 0 Å². The lowest BCUT2D eigenvalue weighted by Crippen LogP contribution is -2.12. The smallest absolute Gasteiger partial charge is 0.0546 e. The third-order valence-corrected chi connectivity index (χ3v) is 3.89. The number of rotatable bonds is 0. The zero-order valence-corrected chi connectivity index (χ0v) is 6.61. The minimum Gasteiger partial charge on any atom is -0.393 e. The average molecular weight is 150 g/mol. The van der Waals surface area contributed by atoms with Crippen LogP contribution in [-0.2, 0) is 0 Å². The summed E-state index contributed by atoms with van der Waals surface area (Å²) in [7, 11) is 0. The van der Waals surface area contributed by atoms with Gasteiger partial charge in [-0.05, 0) is 42.9 Å². The Morgan fingerprint density at radius 1 is 0.909 bits per heavy atom. The zero-order valence-electron chi connectivity index (χ0n) is 6.61. The van der Waals surface area contributed by atoms with Crippen molar-refractivity contribution >= 4 is 0 Å². The molecule has 3 rings (SSSR count). The molecule has 3 aliphatic rings. The first-order valence-corrected chi connectivity index (χ1v) is 4.71. The van der Waals surface area contributed by atoms with E-state index in [0.29, 0.717) is 0 Å². The van der Waals surface area contributed by atoms with E-state index in [-0.39, 0.29) is 6.10 Å². The van der Waals surface area contributed by atoms with Gasteiger partial charge >= 0.3 is 0 Å². The van der Waals surface area contributed by atoms with E-state index < -0.39 is 0 Å². The Hall–Kier alpha value is -0.300. The minimum absolute atomic E-state index is 0.0233. The summed E-state index contributed by atoms with van der Waals surface area (Å²) in [6.07, 6.45) is 8.33. The summed E-state index contributed by atoms with van der Waals surface area (Å²) in [5, 5.41) is 9.47. The lowest BCUT2D eigenvalue weighted by molar-refractivity contribution is 0.168. The summed E-state index contributed by atoms with van der Waals surface area (Å²) >= 11 is 0. The van der Waals surface area contributed by atoms with Gasteiger partial charge in [0.05, 0.1) is 6.10 Å². The average Bonchev–Trinajstić information content (AvgIpc) is 2.53. The van der Waals surface area contributed by atoms with Crippen LogP contribution >= 0.6 is 0 Å². The SMILES string of the molecule is OC1C[C@@H]2[C@H](C1)[C@@H]1C=C[C@H]2C1. The fourth-order valence-electron chi connectivity index (χ4n) is 3.45. The molecule has 2 saturated carbocycles. The largest absolute Gasteiger partial charge is 0.393 e. The number of aliphatic hydroxyl groups is 1. The van der Waals surface area contributed by atoms with Crippen LogP contribution in [0.5, 0.6) is 0 Å². The van der Waals surface area contributed by atoms with E-state index in [9.17, 15) is 5.11 Å². The molecule has 60 valence electrons. The number of fused-ring (bicyclic) bond motifs is 5. The van der Waals surface area contributed by atoms with Gasteiger partial charge in [0.25, 0.3) is 0 Å². The van der Waals surface area contributed by atoms with Gasteiger partial charge in [0.2, 0.25) is 0 Å². The molecule has 11 heavy (non-hydrogen) atoms. The van der Waals surface area contributed by atoms with E-state index in [1.54, 1.807) is 0 Å². The highest BCUT2D eigenvalue weighted by atomic mass is 16.3. The van der Waals surface area contributed by atoms with Gasteiger partial charge in [-0.15, -0.1) is 0 Å². The molecule has 0 aliphatic heterocycles. The molecule has 2 bridgehead atoms. The van der Waals surface area contributed by atoms with Crippen molar-refractivity contribution in [2.24, 2.45) is 23.7 Å². The first-order valence-electron chi connectivity index (χ1n) is 4.71. The maximum absolute atomic E-state index is 9.47. The van der Waals surface area contributed by atoms with Crippen molar-refractivity contribution < 1.29 is 5.11 Å². The Morgan fingerprint density at radius 2 is 1.45 bits per heavy atom. The fourth-order valence-corrected chi connectivity index (χ4v) is 3.45. The van der Waals surface area contributed by atoms with E-state index >= 15 is 0 Å². The number of hydrogen-bond acceptors (Lipinski definition) is 1. The summed E-state index contributed by atoms with van der Waals surface area (Å²) in [6.45, 7) is 0. The minimum atomic E-state index is 0.0233. The van der Waals surface area contributed by atoms with Crippen molar-refractivity contribution in [2.45, 2.75) is 25.4 Å². The van der Waals surface area contributed by atoms with Crippen LogP contribution in [0.25, 0.3) is 0 Å². The Morgan fingerprint density at radius 3 is 2.00 bits per heavy atom.